The third-order valence-corrected chi connectivity index (χ3v) is 3.81. The lowest BCUT2D eigenvalue weighted by Crippen LogP contribution is -2.31. The van der Waals surface area contributed by atoms with Crippen molar-refractivity contribution >= 4 is 0 Å². The second-order valence-corrected chi connectivity index (χ2v) is 4.85. The summed E-state index contributed by atoms with van der Waals surface area (Å²) in [7, 11) is 0. The summed E-state index contributed by atoms with van der Waals surface area (Å²) in [6.45, 7) is 4.55. The van der Waals surface area contributed by atoms with Gasteiger partial charge in [-0.15, -0.1) is 0 Å². The average molecular weight is 237 g/mol. The summed E-state index contributed by atoms with van der Waals surface area (Å²) in [4.78, 5) is 4.23. The smallest absolute Gasteiger partial charge is 0.296 e. The van der Waals surface area contributed by atoms with E-state index < -0.39 is 0 Å². The number of aromatic nitrogens is 2. The molecular formula is C13H23N3O. The Hall–Kier alpha value is -1.03. The summed E-state index contributed by atoms with van der Waals surface area (Å²) in [5, 5.41) is 0. The van der Waals surface area contributed by atoms with E-state index in [-0.39, 0.29) is 0 Å². The van der Waals surface area contributed by atoms with Crippen molar-refractivity contribution in [2.45, 2.75) is 39.2 Å². The van der Waals surface area contributed by atoms with Gasteiger partial charge in [-0.3, -0.25) is 0 Å². The van der Waals surface area contributed by atoms with Crippen LogP contribution in [-0.4, -0.2) is 22.7 Å². The van der Waals surface area contributed by atoms with E-state index in [1.807, 2.05) is 10.8 Å². The van der Waals surface area contributed by atoms with E-state index >= 15 is 0 Å². The van der Waals surface area contributed by atoms with Crippen molar-refractivity contribution in [3.05, 3.63) is 12.4 Å². The van der Waals surface area contributed by atoms with Gasteiger partial charge in [0.25, 0.3) is 6.01 Å². The van der Waals surface area contributed by atoms with E-state index in [9.17, 15) is 0 Å². The predicted octanol–water partition coefficient (Wildman–Crippen LogP) is 2.05. The van der Waals surface area contributed by atoms with Gasteiger partial charge < -0.3 is 15.0 Å². The molecule has 96 valence electrons. The molecule has 0 bridgehead atoms. The second kappa shape index (κ2) is 6.05. The highest BCUT2D eigenvalue weighted by molar-refractivity contribution is 4.98. The van der Waals surface area contributed by atoms with Gasteiger partial charge in [-0.1, -0.05) is 12.8 Å². The Morgan fingerprint density at radius 1 is 1.41 bits per heavy atom. The Labute approximate surface area is 103 Å². The monoisotopic (exact) mass is 237 g/mol. The van der Waals surface area contributed by atoms with Crippen molar-refractivity contribution in [1.29, 1.82) is 0 Å². The number of hydrogen-bond donors (Lipinski definition) is 1. The Bertz CT molecular complexity index is 337. The number of nitrogens with zero attached hydrogens (tertiary/aromatic N) is 2. The van der Waals surface area contributed by atoms with Crippen molar-refractivity contribution in [3.8, 4) is 6.01 Å². The molecule has 1 aliphatic rings. The fourth-order valence-corrected chi connectivity index (χ4v) is 2.67. The zero-order valence-electron chi connectivity index (χ0n) is 10.6. The molecule has 1 aliphatic carbocycles. The SMILES string of the molecule is CCn1ccnc1OCC1CCCCC1CN. The van der Waals surface area contributed by atoms with Gasteiger partial charge in [0.15, 0.2) is 0 Å². The Morgan fingerprint density at radius 2 is 2.18 bits per heavy atom. The van der Waals surface area contributed by atoms with Crippen LogP contribution in [-0.2, 0) is 6.54 Å². The standard InChI is InChI=1S/C13H23N3O/c1-2-16-8-7-15-13(16)17-10-12-6-4-3-5-11(12)9-14/h7-8,11-12H,2-6,9-10,14H2,1H3. The first-order chi connectivity index (χ1) is 8.35. The molecule has 0 spiro atoms. The molecule has 0 saturated heterocycles. The van der Waals surface area contributed by atoms with E-state index in [2.05, 4.69) is 11.9 Å². The quantitative estimate of drug-likeness (QED) is 0.852. The molecule has 2 unspecified atom stereocenters. The van der Waals surface area contributed by atoms with Gasteiger partial charge in [-0.25, -0.2) is 4.98 Å². The molecule has 0 aromatic carbocycles. The van der Waals surface area contributed by atoms with Gasteiger partial charge in [-0.2, -0.15) is 0 Å². The van der Waals surface area contributed by atoms with Crippen LogP contribution in [0.15, 0.2) is 12.4 Å². The average Bonchev–Trinajstić information content (AvgIpc) is 2.84. The topological polar surface area (TPSA) is 53.1 Å². The van der Waals surface area contributed by atoms with Crippen LogP contribution in [0.5, 0.6) is 6.01 Å². The molecule has 2 atom stereocenters. The van der Waals surface area contributed by atoms with E-state index in [0.29, 0.717) is 11.8 Å². The predicted molar refractivity (Wildman–Crippen MR) is 67.9 cm³/mol. The molecule has 0 radical (unpaired) electrons. The molecule has 1 fully saturated rings. The molecule has 1 heterocycles. The zero-order valence-corrected chi connectivity index (χ0v) is 10.6. The van der Waals surface area contributed by atoms with Crippen LogP contribution in [0.2, 0.25) is 0 Å². The number of aryl methyl sites for hydroxylation is 1. The van der Waals surface area contributed by atoms with Crippen LogP contribution in [0.1, 0.15) is 32.6 Å². The number of imidazole rings is 1. The van der Waals surface area contributed by atoms with Crippen LogP contribution >= 0.6 is 0 Å². The molecular weight excluding hydrogens is 214 g/mol. The Balaban J connectivity index is 1.88. The van der Waals surface area contributed by atoms with Gasteiger partial charge in [0.1, 0.15) is 0 Å². The van der Waals surface area contributed by atoms with Crippen molar-refractivity contribution < 1.29 is 4.74 Å². The maximum Gasteiger partial charge on any atom is 0.296 e. The maximum atomic E-state index is 5.84. The molecule has 4 heteroatoms. The van der Waals surface area contributed by atoms with Gasteiger partial charge in [-0.05, 0) is 38.1 Å². The van der Waals surface area contributed by atoms with Crippen LogP contribution < -0.4 is 10.5 Å². The summed E-state index contributed by atoms with van der Waals surface area (Å²) < 4.78 is 7.86. The third-order valence-electron chi connectivity index (χ3n) is 3.81. The molecule has 1 saturated carbocycles. The summed E-state index contributed by atoms with van der Waals surface area (Å²) in [6.07, 6.45) is 8.88. The third kappa shape index (κ3) is 3.00. The first-order valence-corrected chi connectivity index (χ1v) is 6.69. The minimum atomic E-state index is 0.607. The first kappa shape index (κ1) is 12.4. The second-order valence-electron chi connectivity index (χ2n) is 4.85. The van der Waals surface area contributed by atoms with Gasteiger partial charge in [0.05, 0.1) is 6.61 Å². The molecule has 17 heavy (non-hydrogen) atoms. The molecule has 1 aromatic heterocycles. The normalized spacial score (nSPS) is 24.8. The molecule has 2 rings (SSSR count). The highest BCUT2D eigenvalue weighted by atomic mass is 16.5. The van der Waals surface area contributed by atoms with Crippen LogP contribution in [0, 0.1) is 11.8 Å². The van der Waals surface area contributed by atoms with Crippen LogP contribution in [0.4, 0.5) is 0 Å². The summed E-state index contributed by atoms with van der Waals surface area (Å²) in [6, 6.07) is 0.744. The Kier molecular flexibility index (Phi) is 4.42. The highest BCUT2D eigenvalue weighted by Crippen LogP contribution is 2.29. The number of rotatable bonds is 5. The van der Waals surface area contributed by atoms with Gasteiger partial charge in [0, 0.05) is 18.9 Å². The largest absolute Gasteiger partial charge is 0.464 e. The van der Waals surface area contributed by atoms with Crippen molar-refractivity contribution in [2.75, 3.05) is 13.2 Å². The number of ether oxygens (including phenoxy) is 1. The Morgan fingerprint density at radius 3 is 2.88 bits per heavy atom. The minimum Gasteiger partial charge on any atom is -0.464 e. The zero-order chi connectivity index (χ0) is 12.1. The summed E-state index contributed by atoms with van der Waals surface area (Å²) in [5.74, 6) is 1.24. The van der Waals surface area contributed by atoms with Gasteiger partial charge >= 0.3 is 0 Å². The first-order valence-electron chi connectivity index (χ1n) is 6.69. The van der Waals surface area contributed by atoms with Gasteiger partial charge in [0.2, 0.25) is 0 Å². The summed E-state index contributed by atoms with van der Waals surface area (Å²) in [5.41, 5.74) is 5.82. The lowest BCUT2D eigenvalue weighted by atomic mass is 9.80. The van der Waals surface area contributed by atoms with E-state index in [4.69, 9.17) is 10.5 Å². The molecule has 0 amide bonds. The van der Waals surface area contributed by atoms with E-state index in [0.717, 1.165) is 25.7 Å². The van der Waals surface area contributed by atoms with E-state index in [1.165, 1.54) is 25.7 Å². The van der Waals surface area contributed by atoms with Crippen molar-refractivity contribution in [2.24, 2.45) is 17.6 Å². The number of hydrogen-bond acceptors (Lipinski definition) is 3. The molecule has 4 nitrogen and oxygen atoms in total. The minimum absolute atomic E-state index is 0.607. The van der Waals surface area contributed by atoms with Crippen molar-refractivity contribution in [3.63, 3.8) is 0 Å². The number of nitrogens with two attached hydrogens (primary N) is 1. The highest BCUT2D eigenvalue weighted by Gasteiger charge is 2.24. The van der Waals surface area contributed by atoms with Crippen LogP contribution in [0.3, 0.4) is 0 Å². The van der Waals surface area contributed by atoms with Crippen LogP contribution in [0.25, 0.3) is 0 Å². The maximum absolute atomic E-state index is 5.84. The lowest BCUT2D eigenvalue weighted by Gasteiger charge is -2.30. The summed E-state index contributed by atoms with van der Waals surface area (Å²) >= 11 is 0. The fraction of sp³-hybridized carbons (Fsp3) is 0.769. The van der Waals surface area contributed by atoms with E-state index in [1.54, 1.807) is 6.20 Å². The lowest BCUT2D eigenvalue weighted by molar-refractivity contribution is 0.142. The molecule has 2 N–H and O–H groups in total. The molecule has 0 aliphatic heterocycles. The molecule has 1 aromatic rings. The van der Waals surface area contributed by atoms with Crippen molar-refractivity contribution in [1.82, 2.24) is 9.55 Å². The fourth-order valence-electron chi connectivity index (χ4n) is 2.67.